The first-order chi connectivity index (χ1) is 9.69. The second-order valence-electron chi connectivity index (χ2n) is 4.46. The van der Waals surface area contributed by atoms with E-state index in [1.54, 1.807) is 12.1 Å². The molecular formula is C13H18N6O. The molecule has 2 heterocycles. The van der Waals surface area contributed by atoms with Crippen LogP contribution in [0.2, 0.25) is 0 Å². The first-order valence-electron chi connectivity index (χ1n) is 6.58. The topological polar surface area (TPSA) is 110 Å². The molecular weight excluding hydrogens is 256 g/mol. The van der Waals surface area contributed by atoms with E-state index in [0.717, 1.165) is 24.4 Å². The maximum Gasteiger partial charge on any atom is 0.251 e. The van der Waals surface area contributed by atoms with Crippen LogP contribution in [0, 0.1) is 0 Å². The highest BCUT2D eigenvalue weighted by Gasteiger charge is 2.08. The summed E-state index contributed by atoms with van der Waals surface area (Å²) in [4.78, 5) is 20.2. The number of aromatic amines is 1. The van der Waals surface area contributed by atoms with Gasteiger partial charge >= 0.3 is 0 Å². The Morgan fingerprint density at radius 1 is 1.40 bits per heavy atom. The summed E-state index contributed by atoms with van der Waals surface area (Å²) in [5.74, 6) is 0.957. The Morgan fingerprint density at radius 3 is 2.95 bits per heavy atom. The number of anilines is 1. The summed E-state index contributed by atoms with van der Waals surface area (Å²) in [5.41, 5.74) is 7.10. The van der Waals surface area contributed by atoms with E-state index in [1.807, 2.05) is 0 Å². The van der Waals surface area contributed by atoms with Gasteiger partial charge in [0.25, 0.3) is 5.91 Å². The maximum atomic E-state index is 12.0. The highest BCUT2D eigenvalue weighted by Crippen LogP contribution is 2.09. The van der Waals surface area contributed by atoms with Gasteiger partial charge in [-0.3, -0.25) is 9.89 Å². The molecule has 2 rings (SSSR count). The normalized spacial score (nSPS) is 10.4. The molecule has 0 radical (unpaired) electrons. The van der Waals surface area contributed by atoms with Gasteiger partial charge in [0.1, 0.15) is 18.0 Å². The molecule has 2 aromatic heterocycles. The first kappa shape index (κ1) is 14.0. The van der Waals surface area contributed by atoms with Gasteiger partial charge in [0.2, 0.25) is 0 Å². The van der Waals surface area contributed by atoms with Crippen molar-refractivity contribution in [2.75, 3.05) is 12.3 Å². The molecule has 0 spiro atoms. The quantitative estimate of drug-likeness (QED) is 0.718. The molecule has 0 unspecified atom stereocenters. The van der Waals surface area contributed by atoms with Gasteiger partial charge in [0, 0.05) is 24.2 Å². The third-order valence-electron chi connectivity index (χ3n) is 2.78. The first-order valence-corrected chi connectivity index (χ1v) is 6.58. The van der Waals surface area contributed by atoms with E-state index < -0.39 is 0 Å². The molecule has 0 aliphatic carbocycles. The molecule has 0 aromatic carbocycles. The van der Waals surface area contributed by atoms with E-state index in [0.29, 0.717) is 24.3 Å². The van der Waals surface area contributed by atoms with E-state index in [1.165, 1.54) is 6.33 Å². The Hall–Kier alpha value is -2.44. The molecule has 7 nitrogen and oxygen atoms in total. The summed E-state index contributed by atoms with van der Waals surface area (Å²) in [5, 5.41) is 9.32. The zero-order chi connectivity index (χ0) is 14.4. The minimum Gasteiger partial charge on any atom is -0.384 e. The van der Waals surface area contributed by atoms with Crippen molar-refractivity contribution in [3.05, 3.63) is 35.5 Å². The van der Waals surface area contributed by atoms with Gasteiger partial charge in [-0.05, 0) is 18.6 Å². The van der Waals surface area contributed by atoms with Crippen molar-refractivity contribution < 1.29 is 4.79 Å². The molecule has 4 N–H and O–H groups in total. The number of carbonyl (C=O) groups excluding carboxylic acids is 1. The van der Waals surface area contributed by atoms with Gasteiger partial charge in [-0.2, -0.15) is 5.10 Å². The van der Waals surface area contributed by atoms with Crippen molar-refractivity contribution >= 4 is 11.7 Å². The van der Waals surface area contributed by atoms with E-state index in [-0.39, 0.29) is 5.91 Å². The summed E-state index contributed by atoms with van der Waals surface area (Å²) < 4.78 is 0. The predicted octanol–water partition coefficient (Wildman–Crippen LogP) is 0.707. The van der Waals surface area contributed by atoms with Crippen LogP contribution >= 0.6 is 0 Å². The average Bonchev–Trinajstić information content (AvgIpc) is 2.91. The van der Waals surface area contributed by atoms with E-state index >= 15 is 0 Å². The van der Waals surface area contributed by atoms with Crippen molar-refractivity contribution in [1.82, 2.24) is 25.5 Å². The van der Waals surface area contributed by atoms with E-state index in [9.17, 15) is 4.79 Å². The zero-order valence-corrected chi connectivity index (χ0v) is 11.4. The van der Waals surface area contributed by atoms with Crippen molar-refractivity contribution in [3.8, 4) is 0 Å². The fourth-order valence-electron chi connectivity index (χ4n) is 1.87. The molecule has 7 heteroatoms. The van der Waals surface area contributed by atoms with E-state index in [2.05, 4.69) is 32.4 Å². The molecule has 0 bridgehead atoms. The lowest BCUT2D eigenvalue weighted by Crippen LogP contribution is -2.26. The Morgan fingerprint density at radius 2 is 2.25 bits per heavy atom. The van der Waals surface area contributed by atoms with Gasteiger partial charge in [0.05, 0.1) is 0 Å². The summed E-state index contributed by atoms with van der Waals surface area (Å²) in [7, 11) is 0. The van der Waals surface area contributed by atoms with Crippen LogP contribution in [-0.4, -0.2) is 32.6 Å². The van der Waals surface area contributed by atoms with Gasteiger partial charge in [-0.1, -0.05) is 13.3 Å². The zero-order valence-electron chi connectivity index (χ0n) is 11.4. The highest BCUT2D eigenvalue weighted by atomic mass is 16.1. The standard InChI is InChI=1S/C13H18N6O/c1-2-3-10-6-9(7-11(14)18-10)13(20)15-5-4-12-16-8-17-19-12/h6-8H,2-5H2,1H3,(H2,14,18)(H,15,20)(H,16,17,19). The Bertz CT molecular complexity index is 566. The second-order valence-corrected chi connectivity index (χ2v) is 4.46. The van der Waals surface area contributed by atoms with Crippen molar-refractivity contribution in [2.45, 2.75) is 26.2 Å². The molecule has 0 atom stereocenters. The van der Waals surface area contributed by atoms with Crippen molar-refractivity contribution in [3.63, 3.8) is 0 Å². The number of aromatic nitrogens is 4. The third kappa shape index (κ3) is 3.78. The fourth-order valence-corrected chi connectivity index (χ4v) is 1.87. The second kappa shape index (κ2) is 6.65. The largest absolute Gasteiger partial charge is 0.384 e. The number of nitrogen functional groups attached to an aromatic ring is 1. The minimum atomic E-state index is -0.157. The maximum absolute atomic E-state index is 12.0. The van der Waals surface area contributed by atoms with Crippen LogP contribution < -0.4 is 11.1 Å². The molecule has 0 fully saturated rings. The lowest BCUT2D eigenvalue weighted by atomic mass is 10.1. The SMILES string of the molecule is CCCc1cc(C(=O)NCCc2ncn[nH]2)cc(N)n1. The molecule has 0 saturated carbocycles. The summed E-state index contributed by atoms with van der Waals surface area (Å²) >= 11 is 0. The fraction of sp³-hybridized carbons (Fsp3) is 0.385. The number of H-pyrrole nitrogens is 1. The molecule has 1 amide bonds. The minimum absolute atomic E-state index is 0.157. The number of pyridine rings is 1. The number of nitrogens with one attached hydrogen (secondary N) is 2. The Labute approximate surface area is 117 Å². The smallest absolute Gasteiger partial charge is 0.251 e. The van der Waals surface area contributed by atoms with Gasteiger partial charge in [-0.25, -0.2) is 9.97 Å². The van der Waals surface area contributed by atoms with Crippen molar-refractivity contribution in [1.29, 1.82) is 0 Å². The van der Waals surface area contributed by atoms with Gasteiger partial charge in [-0.15, -0.1) is 0 Å². The van der Waals surface area contributed by atoms with Crippen LogP contribution in [0.3, 0.4) is 0 Å². The predicted molar refractivity (Wildman–Crippen MR) is 75.1 cm³/mol. The Kier molecular flexibility index (Phi) is 4.65. The number of rotatable bonds is 6. The van der Waals surface area contributed by atoms with Crippen LogP contribution in [0.5, 0.6) is 0 Å². The van der Waals surface area contributed by atoms with Gasteiger partial charge in [0.15, 0.2) is 0 Å². The molecule has 20 heavy (non-hydrogen) atoms. The number of carbonyl (C=O) groups is 1. The monoisotopic (exact) mass is 274 g/mol. The van der Waals surface area contributed by atoms with Crippen LogP contribution in [-0.2, 0) is 12.8 Å². The number of hydrogen-bond acceptors (Lipinski definition) is 5. The van der Waals surface area contributed by atoms with Crippen LogP contribution in [0.1, 0.15) is 35.2 Å². The Balaban J connectivity index is 1.94. The summed E-state index contributed by atoms with van der Waals surface area (Å²) in [6.07, 6.45) is 3.82. The molecule has 0 saturated heterocycles. The highest BCUT2D eigenvalue weighted by molar-refractivity contribution is 5.94. The molecule has 2 aromatic rings. The van der Waals surface area contributed by atoms with Crippen LogP contribution in [0.25, 0.3) is 0 Å². The molecule has 0 aliphatic heterocycles. The summed E-state index contributed by atoms with van der Waals surface area (Å²) in [6, 6.07) is 3.37. The molecule has 0 aliphatic rings. The van der Waals surface area contributed by atoms with Crippen LogP contribution in [0.4, 0.5) is 5.82 Å². The summed E-state index contributed by atoms with van der Waals surface area (Å²) in [6.45, 7) is 2.54. The number of nitrogens with zero attached hydrogens (tertiary/aromatic N) is 3. The lowest BCUT2D eigenvalue weighted by Gasteiger charge is -2.07. The number of aryl methyl sites for hydroxylation is 1. The number of nitrogens with two attached hydrogens (primary N) is 1. The van der Waals surface area contributed by atoms with E-state index in [4.69, 9.17) is 5.73 Å². The number of amides is 1. The van der Waals surface area contributed by atoms with Crippen molar-refractivity contribution in [2.24, 2.45) is 0 Å². The third-order valence-corrected chi connectivity index (χ3v) is 2.78. The number of hydrogen-bond donors (Lipinski definition) is 3. The average molecular weight is 274 g/mol. The lowest BCUT2D eigenvalue weighted by molar-refractivity contribution is 0.0954. The molecule has 106 valence electrons. The van der Waals surface area contributed by atoms with Gasteiger partial charge < -0.3 is 11.1 Å². The van der Waals surface area contributed by atoms with Crippen LogP contribution in [0.15, 0.2) is 18.5 Å².